The van der Waals surface area contributed by atoms with Crippen molar-refractivity contribution in [2.75, 3.05) is 13.1 Å². The molecule has 1 saturated heterocycles. The van der Waals surface area contributed by atoms with Crippen LogP contribution in [0.4, 0.5) is 0 Å². The van der Waals surface area contributed by atoms with Crippen LogP contribution >= 0.6 is 12.4 Å². The standard InChI is InChI=1S/C19H30N2O.ClH/c1-14-11-16(12-20)13-21(14)18(22)10-7-15-5-8-17(9-6-15)19(2,3)4;/h5-6,8-9,14,16H,7,10-13,20H2,1-4H3;1H. The van der Waals surface area contributed by atoms with Crippen LogP contribution in [0.2, 0.25) is 0 Å². The van der Waals surface area contributed by atoms with Gasteiger partial charge in [-0.05, 0) is 48.8 Å². The van der Waals surface area contributed by atoms with E-state index in [4.69, 9.17) is 5.73 Å². The summed E-state index contributed by atoms with van der Waals surface area (Å²) < 4.78 is 0. The molecule has 130 valence electrons. The zero-order chi connectivity index (χ0) is 16.3. The van der Waals surface area contributed by atoms with Crippen LogP contribution in [0.1, 0.15) is 51.7 Å². The summed E-state index contributed by atoms with van der Waals surface area (Å²) in [7, 11) is 0. The van der Waals surface area contributed by atoms with Crippen LogP contribution in [0, 0.1) is 5.92 Å². The Balaban J connectivity index is 0.00000264. The molecular weight excluding hydrogens is 308 g/mol. The minimum Gasteiger partial charge on any atom is -0.340 e. The van der Waals surface area contributed by atoms with E-state index in [9.17, 15) is 4.79 Å². The molecule has 1 amide bonds. The number of amides is 1. The Morgan fingerprint density at radius 2 is 1.87 bits per heavy atom. The Hall–Kier alpha value is -1.06. The van der Waals surface area contributed by atoms with Crippen LogP contribution in [0.5, 0.6) is 0 Å². The van der Waals surface area contributed by atoms with Crippen LogP contribution in [0.25, 0.3) is 0 Å². The third kappa shape index (κ3) is 5.22. The number of benzene rings is 1. The van der Waals surface area contributed by atoms with Gasteiger partial charge in [0.25, 0.3) is 0 Å². The molecule has 1 aliphatic rings. The fourth-order valence-corrected chi connectivity index (χ4v) is 3.23. The van der Waals surface area contributed by atoms with Gasteiger partial charge in [0.1, 0.15) is 0 Å². The van der Waals surface area contributed by atoms with Gasteiger partial charge in [-0.2, -0.15) is 0 Å². The molecule has 4 heteroatoms. The summed E-state index contributed by atoms with van der Waals surface area (Å²) in [5, 5.41) is 0. The predicted molar refractivity (Wildman–Crippen MR) is 99.0 cm³/mol. The maximum absolute atomic E-state index is 12.4. The van der Waals surface area contributed by atoms with Gasteiger partial charge in [-0.1, -0.05) is 45.0 Å². The fourth-order valence-electron chi connectivity index (χ4n) is 3.23. The van der Waals surface area contributed by atoms with Crippen LogP contribution in [0.3, 0.4) is 0 Å². The number of carbonyl (C=O) groups is 1. The summed E-state index contributed by atoms with van der Waals surface area (Å²) in [6.45, 7) is 10.3. The molecule has 0 radical (unpaired) electrons. The molecule has 0 bridgehead atoms. The van der Waals surface area contributed by atoms with E-state index in [0.717, 1.165) is 19.4 Å². The van der Waals surface area contributed by atoms with Gasteiger partial charge >= 0.3 is 0 Å². The minimum absolute atomic E-state index is 0. The molecule has 0 spiro atoms. The third-order valence-corrected chi connectivity index (χ3v) is 4.76. The van der Waals surface area contributed by atoms with E-state index in [-0.39, 0.29) is 23.7 Å². The first kappa shape index (κ1) is 20.0. The van der Waals surface area contributed by atoms with Gasteiger partial charge in [0.05, 0.1) is 0 Å². The highest BCUT2D eigenvalue weighted by Crippen LogP contribution is 2.24. The zero-order valence-corrected chi connectivity index (χ0v) is 15.7. The normalized spacial score (nSPS) is 21.2. The maximum Gasteiger partial charge on any atom is 0.223 e. The van der Waals surface area contributed by atoms with E-state index in [1.807, 2.05) is 4.90 Å². The van der Waals surface area contributed by atoms with Gasteiger partial charge in [-0.3, -0.25) is 4.79 Å². The molecule has 3 nitrogen and oxygen atoms in total. The van der Waals surface area contributed by atoms with E-state index < -0.39 is 0 Å². The lowest BCUT2D eigenvalue weighted by Gasteiger charge is -2.22. The number of halogens is 1. The molecule has 2 unspecified atom stereocenters. The summed E-state index contributed by atoms with van der Waals surface area (Å²) in [5.41, 5.74) is 8.49. The largest absolute Gasteiger partial charge is 0.340 e. The summed E-state index contributed by atoms with van der Waals surface area (Å²) in [4.78, 5) is 14.4. The molecule has 0 saturated carbocycles. The fraction of sp³-hybridized carbons (Fsp3) is 0.632. The van der Waals surface area contributed by atoms with Crippen molar-refractivity contribution in [3.8, 4) is 0 Å². The highest BCUT2D eigenvalue weighted by atomic mass is 35.5. The molecule has 2 N–H and O–H groups in total. The SMILES string of the molecule is CC1CC(CN)CN1C(=O)CCc1ccc(C(C)(C)C)cc1.Cl. The Bertz CT molecular complexity index is 507. The zero-order valence-electron chi connectivity index (χ0n) is 14.8. The maximum atomic E-state index is 12.4. The van der Waals surface area contributed by atoms with Gasteiger partial charge in [-0.15, -0.1) is 12.4 Å². The van der Waals surface area contributed by atoms with Gasteiger partial charge < -0.3 is 10.6 Å². The van der Waals surface area contributed by atoms with Crippen molar-refractivity contribution in [2.24, 2.45) is 11.7 Å². The lowest BCUT2D eigenvalue weighted by molar-refractivity contribution is -0.131. The minimum atomic E-state index is 0. The Morgan fingerprint density at radius 3 is 2.35 bits per heavy atom. The molecule has 0 aliphatic carbocycles. The van der Waals surface area contributed by atoms with Crippen LogP contribution in [-0.2, 0) is 16.6 Å². The Kier molecular flexibility index (Phi) is 7.09. The molecule has 1 aromatic rings. The molecule has 1 aliphatic heterocycles. The predicted octanol–water partition coefficient (Wildman–Crippen LogP) is 3.53. The molecular formula is C19H31ClN2O. The van der Waals surface area contributed by atoms with E-state index in [2.05, 4.69) is 52.0 Å². The van der Waals surface area contributed by atoms with Crippen LogP contribution in [-0.4, -0.2) is 29.9 Å². The van der Waals surface area contributed by atoms with Crippen molar-refractivity contribution >= 4 is 18.3 Å². The second-order valence-corrected chi connectivity index (χ2v) is 7.68. The number of carbonyl (C=O) groups excluding carboxylic acids is 1. The van der Waals surface area contributed by atoms with Gasteiger partial charge in [0.2, 0.25) is 5.91 Å². The number of hydrogen-bond acceptors (Lipinski definition) is 2. The van der Waals surface area contributed by atoms with E-state index in [0.29, 0.717) is 24.9 Å². The smallest absolute Gasteiger partial charge is 0.223 e. The summed E-state index contributed by atoms with van der Waals surface area (Å²) in [5.74, 6) is 0.744. The lowest BCUT2D eigenvalue weighted by atomic mass is 9.86. The Morgan fingerprint density at radius 1 is 1.26 bits per heavy atom. The number of likely N-dealkylation sites (tertiary alicyclic amines) is 1. The van der Waals surface area contributed by atoms with Crippen molar-refractivity contribution in [1.82, 2.24) is 4.90 Å². The molecule has 1 aromatic carbocycles. The number of rotatable bonds is 4. The summed E-state index contributed by atoms with van der Waals surface area (Å²) in [6.07, 6.45) is 2.46. The average molecular weight is 339 g/mol. The van der Waals surface area contributed by atoms with Crippen molar-refractivity contribution in [3.63, 3.8) is 0 Å². The van der Waals surface area contributed by atoms with Gasteiger partial charge in [0, 0.05) is 19.0 Å². The highest BCUT2D eigenvalue weighted by Gasteiger charge is 2.31. The van der Waals surface area contributed by atoms with Crippen LogP contribution < -0.4 is 5.73 Å². The van der Waals surface area contributed by atoms with Crippen molar-refractivity contribution in [2.45, 2.75) is 58.4 Å². The first-order valence-electron chi connectivity index (χ1n) is 8.40. The van der Waals surface area contributed by atoms with Gasteiger partial charge in [-0.25, -0.2) is 0 Å². The van der Waals surface area contributed by atoms with Gasteiger partial charge in [0.15, 0.2) is 0 Å². The summed E-state index contributed by atoms with van der Waals surface area (Å²) in [6, 6.07) is 9.02. The highest BCUT2D eigenvalue weighted by molar-refractivity contribution is 5.85. The quantitative estimate of drug-likeness (QED) is 0.912. The lowest BCUT2D eigenvalue weighted by Crippen LogP contribution is -2.34. The third-order valence-electron chi connectivity index (χ3n) is 4.76. The van der Waals surface area contributed by atoms with E-state index in [1.54, 1.807) is 0 Å². The molecule has 1 fully saturated rings. The average Bonchev–Trinajstić information content (AvgIpc) is 2.85. The number of nitrogens with zero attached hydrogens (tertiary/aromatic N) is 1. The van der Waals surface area contributed by atoms with Crippen LogP contribution in [0.15, 0.2) is 24.3 Å². The Labute approximate surface area is 147 Å². The topological polar surface area (TPSA) is 46.3 Å². The van der Waals surface area contributed by atoms with E-state index >= 15 is 0 Å². The molecule has 2 rings (SSSR count). The van der Waals surface area contributed by atoms with Crippen molar-refractivity contribution < 1.29 is 4.79 Å². The number of nitrogens with two attached hydrogens (primary N) is 1. The summed E-state index contributed by atoms with van der Waals surface area (Å²) >= 11 is 0. The second kappa shape index (κ2) is 8.16. The first-order valence-corrected chi connectivity index (χ1v) is 8.40. The number of hydrogen-bond donors (Lipinski definition) is 1. The van der Waals surface area contributed by atoms with Crippen molar-refractivity contribution in [3.05, 3.63) is 35.4 Å². The molecule has 2 atom stereocenters. The molecule has 23 heavy (non-hydrogen) atoms. The van der Waals surface area contributed by atoms with Crippen molar-refractivity contribution in [1.29, 1.82) is 0 Å². The molecule has 1 heterocycles. The van der Waals surface area contributed by atoms with E-state index in [1.165, 1.54) is 11.1 Å². The molecule has 0 aromatic heterocycles. The second-order valence-electron chi connectivity index (χ2n) is 7.68. The monoisotopic (exact) mass is 338 g/mol. The number of aryl methyl sites for hydroxylation is 1. The first-order chi connectivity index (χ1) is 10.3.